The number of carbonyl (C=O) groups excluding carboxylic acids is 1. The molecule has 0 aromatic heterocycles. The third kappa shape index (κ3) is 5.61. The van der Waals surface area contributed by atoms with E-state index < -0.39 is 0 Å². The quantitative estimate of drug-likeness (QED) is 0.857. The molecule has 1 aliphatic carbocycles. The van der Waals surface area contributed by atoms with Gasteiger partial charge >= 0.3 is 0 Å². The Bertz CT molecular complexity index is 452. The van der Waals surface area contributed by atoms with Crippen molar-refractivity contribution in [1.82, 2.24) is 4.90 Å². The molecule has 1 aromatic carbocycles. The number of benzene rings is 1. The standard InChI is InChI=1S/C16H23BrN2O.ClH/c1-19(10-9-12-5-7-14(17)8-6-12)16(20)11-13-3-2-4-15(13)18;/h5-8,13,15H,2-4,9-11,18H2,1H3;1H/t13-,15+;/m0./s1. The Labute approximate surface area is 141 Å². The van der Waals surface area contributed by atoms with E-state index in [2.05, 4.69) is 28.1 Å². The van der Waals surface area contributed by atoms with E-state index in [0.717, 1.165) is 30.3 Å². The lowest BCUT2D eigenvalue weighted by Gasteiger charge is -2.21. The molecule has 118 valence electrons. The van der Waals surface area contributed by atoms with Gasteiger partial charge in [0, 0.05) is 30.5 Å². The molecule has 1 saturated carbocycles. The first-order valence-electron chi connectivity index (χ1n) is 7.30. The Balaban J connectivity index is 0.00000220. The number of carbonyl (C=O) groups is 1. The van der Waals surface area contributed by atoms with E-state index in [1.807, 2.05) is 24.1 Å². The van der Waals surface area contributed by atoms with Crippen molar-refractivity contribution in [3.05, 3.63) is 34.3 Å². The van der Waals surface area contributed by atoms with Crippen LogP contribution in [0.15, 0.2) is 28.7 Å². The Morgan fingerprint density at radius 2 is 2.00 bits per heavy atom. The number of hydrogen-bond donors (Lipinski definition) is 1. The molecule has 2 rings (SSSR count). The number of nitrogens with two attached hydrogens (primary N) is 1. The maximum Gasteiger partial charge on any atom is 0.222 e. The van der Waals surface area contributed by atoms with Gasteiger partial charge in [0.05, 0.1) is 0 Å². The number of likely N-dealkylation sites (N-methyl/N-ethyl adjacent to an activating group) is 1. The second kappa shape index (κ2) is 8.76. The van der Waals surface area contributed by atoms with Gasteiger partial charge in [-0.05, 0) is 42.9 Å². The monoisotopic (exact) mass is 374 g/mol. The zero-order valence-electron chi connectivity index (χ0n) is 12.4. The molecule has 0 heterocycles. The van der Waals surface area contributed by atoms with Crippen molar-refractivity contribution < 1.29 is 4.79 Å². The van der Waals surface area contributed by atoms with Gasteiger partial charge in [-0.15, -0.1) is 12.4 Å². The highest BCUT2D eigenvalue weighted by Gasteiger charge is 2.26. The fourth-order valence-electron chi connectivity index (χ4n) is 2.77. The third-order valence-corrected chi connectivity index (χ3v) is 4.76. The maximum atomic E-state index is 12.2. The van der Waals surface area contributed by atoms with Gasteiger partial charge in [0.1, 0.15) is 0 Å². The van der Waals surface area contributed by atoms with Crippen molar-refractivity contribution in [2.75, 3.05) is 13.6 Å². The molecule has 1 amide bonds. The lowest BCUT2D eigenvalue weighted by molar-refractivity contribution is -0.130. The average molecular weight is 376 g/mol. The van der Waals surface area contributed by atoms with Crippen LogP contribution in [-0.2, 0) is 11.2 Å². The summed E-state index contributed by atoms with van der Waals surface area (Å²) in [5.41, 5.74) is 7.29. The predicted octanol–water partition coefficient (Wildman–Crippen LogP) is 3.39. The van der Waals surface area contributed by atoms with Crippen LogP contribution < -0.4 is 5.73 Å². The second-order valence-corrected chi connectivity index (χ2v) is 6.67. The minimum atomic E-state index is 0. The van der Waals surface area contributed by atoms with Crippen LogP contribution in [0.5, 0.6) is 0 Å². The van der Waals surface area contributed by atoms with E-state index >= 15 is 0 Å². The molecule has 21 heavy (non-hydrogen) atoms. The van der Waals surface area contributed by atoms with Crippen molar-refractivity contribution in [2.45, 2.75) is 38.1 Å². The van der Waals surface area contributed by atoms with Gasteiger partial charge in [0.25, 0.3) is 0 Å². The molecule has 2 atom stereocenters. The fraction of sp³-hybridized carbons (Fsp3) is 0.562. The molecule has 1 aromatic rings. The zero-order chi connectivity index (χ0) is 14.5. The van der Waals surface area contributed by atoms with Gasteiger partial charge in [-0.2, -0.15) is 0 Å². The molecule has 0 spiro atoms. The van der Waals surface area contributed by atoms with E-state index in [1.165, 1.54) is 12.0 Å². The molecular weight excluding hydrogens is 352 g/mol. The van der Waals surface area contributed by atoms with Crippen LogP contribution in [0.3, 0.4) is 0 Å². The molecule has 0 radical (unpaired) electrons. The lowest BCUT2D eigenvalue weighted by atomic mass is 9.99. The highest BCUT2D eigenvalue weighted by Crippen LogP contribution is 2.27. The van der Waals surface area contributed by atoms with E-state index in [9.17, 15) is 4.79 Å². The van der Waals surface area contributed by atoms with Gasteiger partial charge in [0.15, 0.2) is 0 Å². The maximum absolute atomic E-state index is 12.2. The predicted molar refractivity (Wildman–Crippen MR) is 92.7 cm³/mol. The number of nitrogens with zero attached hydrogens (tertiary/aromatic N) is 1. The van der Waals surface area contributed by atoms with E-state index in [4.69, 9.17) is 5.73 Å². The van der Waals surface area contributed by atoms with Crippen LogP contribution in [0.2, 0.25) is 0 Å². The molecule has 0 unspecified atom stereocenters. The molecule has 0 saturated heterocycles. The van der Waals surface area contributed by atoms with Crippen LogP contribution in [0.1, 0.15) is 31.2 Å². The molecule has 3 nitrogen and oxygen atoms in total. The van der Waals surface area contributed by atoms with Crippen LogP contribution in [0.4, 0.5) is 0 Å². The van der Waals surface area contributed by atoms with Crippen molar-refractivity contribution in [3.8, 4) is 0 Å². The Morgan fingerprint density at radius 1 is 1.33 bits per heavy atom. The average Bonchev–Trinajstić information content (AvgIpc) is 2.83. The first-order valence-corrected chi connectivity index (χ1v) is 8.09. The topological polar surface area (TPSA) is 46.3 Å². The molecule has 5 heteroatoms. The van der Waals surface area contributed by atoms with Gasteiger partial charge in [0.2, 0.25) is 5.91 Å². The first-order chi connectivity index (χ1) is 9.56. The van der Waals surface area contributed by atoms with E-state index in [1.54, 1.807) is 0 Å². The highest BCUT2D eigenvalue weighted by atomic mass is 79.9. The van der Waals surface area contributed by atoms with Crippen LogP contribution in [-0.4, -0.2) is 30.4 Å². The summed E-state index contributed by atoms with van der Waals surface area (Å²) in [5, 5.41) is 0. The molecule has 2 N–H and O–H groups in total. The van der Waals surface area contributed by atoms with Crippen molar-refractivity contribution in [1.29, 1.82) is 0 Å². The second-order valence-electron chi connectivity index (χ2n) is 5.75. The number of hydrogen-bond acceptors (Lipinski definition) is 2. The zero-order valence-corrected chi connectivity index (χ0v) is 14.8. The van der Waals surface area contributed by atoms with Gasteiger partial charge in [-0.25, -0.2) is 0 Å². The van der Waals surface area contributed by atoms with E-state index in [0.29, 0.717) is 12.3 Å². The number of rotatable bonds is 5. The molecule has 1 fully saturated rings. The summed E-state index contributed by atoms with van der Waals surface area (Å²) in [6, 6.07) is 8.48. The van der Waals surface area contributed by atoms with Crippen LogP contribution >= 0.6 is 28.3 Å². The summed E-state index contributed by atoms with van der Waals surface area (Å²) >= 11 is 3.43. The molecule has 0 aliphatic heterocycles. The van der Waals surface area contributed by atoms with E-state index in [-0.39, 0.29) is 24.4 Å². The molecule has 0 bridgehead atoms. The SMILES string of the molecule is CN(CCc1ccc(Br)cc1)C(=O)C[C@@H]1CCC[C@H]1N.Cl. The Morgan fingerprint density at radius 3 is 2.57 bits per heavy atom. The van der Waals surface area contributed by atoms with Crippen molar-refractivity contribution >= 4 is 34.2 Å². The highest BCUT2D eigenvalue weighted by molar-refractivity contribution is 9.10. The number of halogens is 2. The minimum absolute atomic E-state index is 0. The van der Waals surface area contributed by atoms with Crippen LogP contribution in [0.25, 0.3) is 0 Å². The largest absolute Gasteiger partial charge is 0.345 e. The lowest BCUT2D eigenvalue weighted by Crippen LogP contribution is -2.34. The van der Waals surface area contributed by atoms with Gasteiger partial charge in [-0.1, -0.05) is 34.5 Å². The van der Waals surface area contributed by atoms with Crippen molar-refractivity contribution in [2.24, 2.45) is 11.7 Å². The third-order valence-electron chi connectivity index (χ3n) is 4.23. The first kappa shape index (κ1) is 18.5. The molecular formula is C16H24BrClN2O. The van der Waals surface area contributed by atoms with Crippen molar-refractivity contribution in [3.63, 3.8) is 0 Å². The normalized spacial score (nSPS) is 20.9. The Hall–Kier alpha value is -0.580. The summed E-state index contributed by atoms with van der Waals surface area (Å²) in [4.78, 5) is 14.0. The Kier molecular flexibility index (Phi) is 7.71. The summed E-state index contributed by atoms with van der Waals surface area (Å²) in [5.74, 6) is 0.613. The summed E-state index contributed by atoms with van der Waals surface area (Å²) < 4.78 is 1.08. The summed E-state index contributed by atoms with van der Waals surface area (Å²) in [6.45, 7) is 0.766. The van der Waals surface area contributed by atoms with Gasteiger partial charge in [-0.3, -0.25) is 4.79 Å². The molecule has 1 aliphatic rings. The number of amides is 1. The fourth-order valence-corrected chi connectivity index (χ4v) is 3.04. The van der Waals surface area contributed by atoms with Crippen LogP contribution in [0, 0.1) is 5.92 Å². The minimum Gasteiger partial charge on any atom is -0.345 e. The summed E-state index contributed by atoms with van der Waals surface area (Å²) in [7, 11) is 1.89. The smallest absolute Gasteiger partial charge is 0.222 e. The van der Waals surface area contributed by atoms with Gasteiger partial charge < -0.3 is 10.6 Å². The summed E-state index contributed by atoms with van der Waals surface area (Å²) in [6.07, 6.45) is 4.85.